The molecule has 1 aliphatic rings. The highest BCUT2D eigenvalue weighted by atomic mass is 16.6. The average molecular weight is 276 g/mol. The molecule has 0 saturated carbocycles. The topological polar surface area (TPSA) is 35.5 Å². The molecule has 3 nitrogen and oxygen atoms in total. The maximum absolute atomic E-state index is 12.0. The van der Waals surface area contributed by atoms with Gasteiger partial charge in [0, 0.05) is 6.61 Å². The summed E-state index contributed by atoms with van der Waals surface area (Å²) in [6.45, 7) is 9.69. The average Bonchev–Trinajstić information content (AvgIpc) is 2.87. The zero-order chi connectivity index (χ0) is 14.8. The molecule has 110 valence electrons. The summed E-state index contributed by atoms with van der Waals surface area (Å²) in [6, 6.07) is 5.79. The molecule has 1 aliphatic heterocycles. The van der Waals surface area contributed by atoms with Crippen molar-refractivity contribution in [2.75, 3.05) is 13.2 Å². The highest BCUT2D eigenvalue weighted by Crippen LogP contribution is 2.26. The number of hydrogen-bond donors (Lipinski definition) is 0. The maximum atomic E-state index is 12.0. The van der Waals surface area contributed by atoms with Crippen molar-refractivity contribution in [2.24, 2.45) is 0 Å². The van der Waals surface area contributed by atoms with Crippen molar-refractivity contribution in [2.45, 2.75) is 52.1 Å². The van der Waals surface area contributed by atoms with Crippen LogP contribution < -0.4 is 0 Å². The Bertz CT molecular complexity index is 479. The first-order valence-corrected chi connectivity index (χ1v) is 7.28. The zero-order valence-electron chi connectivity index (χ0n) is 12.9. The van der Waals surface area contributed by atoms with Gasteiger partial charge >= 0.3 is 5.97 Å². The molecule has 0 radical (unpaired) electrons. The first kappa shape index (κ1) is 15.0. The minimum absolute atomic E-state index is 0.0777. The molecule has 1 aromatic rings. The van der Waals surface area contributed by atoms with Crippen LogP contribution in [0.25, 0.3) is 0 Å². The Balaban J connectivity index is 2.01. The second kappa shape index (κ2) is 5.96. The third kappa shape index (κ3) is 3.60. The molecule has 1 unspecified atom stereocenters. The van der Waals surface area contributed by atoms with Crippen LogP contribution in [0.15, 0.2) is 18.2 Å². The summed E-state index contributed by atoms with van der Waals surface area (Å²) >= 11 is 0. The van der Waals surface area contributed by atoms with Crippen LogP contribution in [-0.2, 0) is 14.9 Å². The fourth-order valence-corrected chi connectivity index (χ4v) is 2.66. The molecule has 1 aromatic carbocycles. The normalized spacial score (nSPS) is 19.1. The number of carbonyl (C=O) groups excluding carboxylic acids is 1. The summed E-state index contributed by atoms with van der Waals surface area (Å²) in [7, 11) is 0. The number of aryl methyl sites for hydroxylation is 1. The number of carbonyl (C=O) groups is 1. The van der Waals surface area contributed by atoms with Crippen LogP contribution in [0.1, 0.15) is 55.1 Å². The summed E-state index contributed by atoms with van der Waals surface area (Å²) < 4.78 is 10.8. The van der Waals surface area contributed by atoms with Crippen LogP contribution >= 0.6 is 0 Å². The van der Waals surface area contributed by atoms with Crippen LogP contribution in [-0.4, -0.2) is 25.3 Å². The maximum Gasteiger partial charge on any atom is 0.338 e. The van der Waals surface area contributed by atoms with Gasteiger partial charge in [-0.3, -0.25) is 0 Å². The van der Waals surface area contributed by atoms with E-state index in [0.29, 0.717) is 12.2 Å². The van der Waals surface area contributed by atoms with E-state index in [-0.39, 0.29) is 17.5 Å². The second-order valence-corrected chi connectivity index (χ2v) is 6.51. The van der Waals surface area contributed by atoms with Gasteiger partial charge in [-0.25, -0.2) is 4.79 Å². The van der Waals surface area contributed by atoms with E-state index in [4.69, 9.17) is 9.47 Å². The predicted octanol–water partition coefficient (Wildman–Crippen LogP) is 3.63. The van der Waals surface area contributed by atoms with Gasteiger partial charge in [-0.15, -0.1) is 0 Å². The smallest absolute Gasteiger partial charge is 0.338 e. The van der Waals surface area contributed by atoms with Gasteiger partial charge in [0.2, 0.25) is 0 Å². The van der Waals surface area contributed by atoms with E-state index in [1.54, 1.807) is 0 Å². The lowest BCUT2D eigenvalue weighted by molar-refractivity contribution is 0.0161. The molecule has 3 heteroatoms. The first-order chi connectivity index (χ1) is 9.38. The van der Waals surface area contributed by atoms with E-state index in [1.807, 2.05) is 25.1 Å². The third-order valence-electron chi connectivity index (χ3n) is 3.69. The molecule has 1 atom stereocenters. The Morgan fingerprint density at radius 1 is 1.40 bits per heavy atom. The Morgan fingerprint density at radius 2 is 2.15 bits per heavy atom. The summed E-state index contributed by atoms with van der Waals surface area (Å²) in [6.07, 6.45) is 2.12. The van der Waals surface area contributed by atoms with Gasteiger partial charge in [-0.1, -0.05) is 26.8 Å². The van der Waals surface area contributed by atoms with E-state index >= 15 is 0 Å². The van der Waals surface area contributed by atoms with E-state index in [2.05, 4.69) is 20.8 Å². The van der Waals surface area contributed by atoms with Crippen LogP contribution in [0.5, 0.6) is 0 Å². The molecule has 1 saturated heterocycles. The third-order valence-corrected chi connectivity index (χ3v) is 3.69. The van der Waals surface area contributed by atoms with Gasteiger partial charge in [0.15, 0.2) is 0 Å². The highest BCUT2D eigenvalue weighted by molar-refractivity contribution is 5.89. The van der Waals surface area contributed by atoms with E-state index in [9.17, 15) is 4.79 Å². The summed E-state index contributed by atoms with van der Waals surface area (Å²) in [5.74, 6) is -0.260. The Hall–Kier alpha value is -1.35. The molecule has 0 aromatic heterocycles. The van der Waals surface area contributed by atoms with Gasteiger partial charge in [0.1, 0.15) is 6.61 Å². The fraction of sp³-hybridized carbons (Fsp3) is 0.588. The Labute approximate surface area is 121 Å². The molecule has 2 rings (SSSR count). The number of benzene rings is 1. The minimum atomic E-state index is -0.260. The fourth-order valence-electron chi connectivity index (χ4n) is 2.66. The van der Waals surface area contributed by atoms with Crippen LogP contribution in [0.4, 0.5) is 0 Å². The SMILES string of the molecule is Cc1cc(C(=O)OCC2CCCO2)ccc1C(C)(C)C. The molecule has 20 heavy (non-hydrogen) atoms. The number of esters is 1. The summed E-state index contributed by atoms with van der Waals surface area (Å²) in [4.78, 5) is 12.0. The predicted molar refractivity (Wildman–Crippen MR) is 79.1 cm³/mol. The van der Waals surface area contributed by atoms with E-state index < -0.39 is 0 Å². The molecule has 0 N–H and O–H groups in total. The first-order valence-electron chi connectivity index (χ1n) is 7.28. The van der Waals surface area contributed by atoms with Crippen molar-refractivity contribution in [3.63, 3.8) is 0 Å². The molecule has 1 heterocycles. The highest BCUT2D eigenvalue weighted by Gasteiger charge is 2.20. The van der Waals surface area contributed by atoms with Crippen LogP contribution in [0, 0.1) is 6.92 Å². The number of hydrogen-bond acceptors (Lipinski definition) is 3. The Kier molecular flexibility index (Phi) is 4.48. The van der Waals surface area contributed by atoms with E-state index in [0.717, 1.165) is 25.0 Å². The molecule has 0 spiro atoms. The number of rotatable bonds is 3. The van der Waals surface area contributed by atoms with Crippen molar-refractivity contribution in [1.29, 1.82) is 0 Å². The Morgan fingerprint density at radius 3 is 2.70 bits per heavy atom. The monoisotopic (exact) mass is 276 g/mol. The second-order valence-electron chi connectivity index (χ2n) is 6.51. The molecule has 0 aliphatic carbocycles. The molecule has 1 fully saturated rings. The van der Waals surface area contributed by atoms with Gasteiger partial charge < -0.3 is 9.47 Å². The van der Waals surface area contributed by atoms with E-state index in [1.165, 1.54) is 5.56 Å². The van der Waals surface area contributed by atoms with Crippen molar-refractivity contribution >= 4 is 5.97 Å². The largest absolute Gasteiger partial charge is 0.459 e. The van der Waals surface area contributed by atoms with Crippen LogP contribution in [0.2, 0.25) is 0 Å². The van der Waals surface area contributed by atoms with Gasteiger partial charge in [0.25, 0.3) is 0 Å². The van der Waals surface area contributed by atoms with Crippen LogP contribution in [0.3, 0.4) is 0 Å². The molecular weight excluding hydrogens is 252 g/mol. The molecular formula is C17H24O3. The summed E-state index contributed by atoms with van der Waals surface area (Å²) in [5, 5.41) is 0. The van der Waals surface area contributed by atoms with Crippen molar-refractivity contribution in [1.82, 2.24) is 0 Å². The van der Waals surface area contributed by atoms with Crippen molar-refractivity contribution in [3.8, 4) is 0 Å². The lowest BCUT2D eigenvalue weighted by Gasteiger charge is -2.22. The standard InChI is InChI=1S/C17H24O3/c1-12-10-13(7-8-15(12)17(2,3)4)16(18)20-11-14-6-5-9-19-14/h7-8,10,14H,5-6,9,11H2,1-4H3. The van der Waals surface area contributed by atoms with Crippen molar-refractivity contribution in [3.05, 3.63) is 34.9 Å². The van der Waals surface area contributed by atoms with Gasteiger partial charge in [0.05, 0.1) is 11.7 Å². The minimum Gasteiger partial charge on any atom is -0.459 e. The lowest BCUT2D eigenvalue weighted by Crippen LogP contribution is -2.18. The molecule has 0 bridgehead atoms. The van der Waals surface area contributed by atoms with Gasteiger partial charge in [-0.2, -0.15) is 0 Å². The lowest BCUT2D eigenvalue weighted by atomic mass is 9.83. The van der Waals surface area contributed by atoms with Crippen molar-refractivity contribution < 1.29 is 14.3 Å². The molecule has 0 amide bonds. The summed E-state index contributed by atoms with van der Waals surface area (Å²) in [5.41, 5.74) is 3.09. The van der Waals surface area contributed by atoms with Gasteiger partial charge in [-0.05, 0) is 48.4 Å². The quantitative estimate of drug-likeness (QED) is 0.791. The number of ether oxygens (including phenoxy) is 2. The zero-order valence-corrected chi connectivity index (χ0v) is 12.9.